The van der Waals surface area contributed by atoms with Crippen molar-refractivity contribution in [3.63, 3.8) is 0 Å². The minimum Gasteiger partial charge on any atom is -0.496 e. The van der Waals surface area contributed by atoms with Gasteiger partial charge in [0.25, 0.3) is 0 Å². The quantitative estimate of drug-likeness (QED) is 0.259. The average Bonchev–Trinajstić information content (AvgIpc) is 2.76. The molecule has 0 saturated carbocycles. The van der Waals surface area contributed by atoms with Gasteiger partial charge in [-0.2, -0.15) is 0 Å². The smallest absolute Gasteiger partial charge is 0.187 e. The van der Waals surface area contributed by atoms with Crippen molar-refractivity contribution in [3.05, 3.63) is 99.0 Å². The maximum absolute atomic E-state index is 12.5. The van der Waals surface area contributed by atoms with E-state index in [1.54, 1.807) is 31.4 Å². The molecule has 0 saturated heterocycles. The summed E-state index contributed by atoms with van der Waals surface area (Å²) in [6, 6.07) is 18.6. The van der Waals surface area contributed by atoms with Crippen molar-refractivity contribution >= 4 is 35.1 Å². The minimum absolute atomic E-state index is 0.194. The Hall–Kier alpha value is -2.75. The number of methoxy groups -OCH3 is 1. The summed E-state index contributed by atoms with van der Waals surface area (Å²) in [5.74, 6) is 1.80. The Kier molecular flexibility index (Phi) is 7.78. The van der Waals surface area contributed by atoms with Crippen LogP contribution >= 0.6 is 23.2 Å². The van der Waals surface area contributed by atoms with E-state index in [1.165, 1.54) is 11.6 Å². The van der Waals surface area contributed by atoms with E-state index in [9.17, 15) is 4.79 Å². The molecule has 3 rings (SSSR count). The number of carbonyl (C=O) groups excluding carboxylic acids is 1. The van der Waals surface area contributed by atoms with Crippen molar-refractivity contribution in [1.82, 2.24) is 0 Å². The number of ether oxygens (including phenoxy) is 2. The first kappa shape index (κ1) is 22.9. The highest BCUT2D eigenvalue weighted by Crippen LogP contribution is 2.25. The lowest BCUT2D eigenvalue weighted by molar-refractivity contribution is 0.104. The van der Waals surface area contributed by atoms with Crippen molar-refractivity contribution in [1.29, 1.82) is 0 Å². The molecule has 3 aromatic rings. The summed E-state index contributed by atoms with van der Waals surface area (Å²) in [7, 11) is 1.62. The van der Waals surface area contributed by atoms with E-state index in [1.807, 2.05) is 30.3 Å². The molecule has 0 N–H and O–H groups in total. The maximum atomic E-state index is 12.5. The number of hydrogen-bond donors (Lipinski definition) is 0. The number of rotatable bonds is 8. The molecular weight excluding hydrogens is 431 g/mol. The summed E-state index contributed by atoms with van der Waals surface area (Å²) < 4.78 is 11.4. The molecule has 0 aliphatic heterocycles. The zero-order valence-corrected chi connectivity index (χ0v) is 19.2. The van der Waals surface area contributed by atoms with Crippen molar-refractivity contribution in [2.24, 2.45) is 0 Å². The molecular formula is C26H24Cl2O3. The van der Waals surface area contributed by atoms with E-state index in [2.05, 4.69) is 26.0 Å². The number of allylic oxidation sites excluding steroid dienone is 1. The molecule has 0 spiro atoms. The van der Waals surface area contributed by atoms with Gasteiger partial charge in [-0.1, -0.05) is 61.3 Å². The third-order valence-corrected chi connectivity index (χ3v) is 5.42. The van der Waals surface area contributed by atoms with E-state index in [4.69, 9.17) is 32.7 Å². The van der Waals surface area contributed by atoms with Gasteiger partial charge in [-0.3, -0.25) is 4.79 Å². The Balaban J connectivity index is 1.73. The number of ketones is 1. The van der Waals surface area contributed by atoms with Gasteiger partial charge in [0.1, 0.15) is 18.1 Å². The molecule has 3 nitrogen and oxygen atoms in total. The molecule has 0 bridgehead atoms. The third-order valence-electron chi connectivity index (χ3n) is 4.87. The zero-order chi connectivity index (χ0) is 22.4. The van der Waals surface area contributed by atoms with Crippen LogP contribution in [-0.2, 0) is 6.61 Å². The maximum Gasteiger partial charge on any atom is 0.187 e. The van der Waals surface area contributed by atoms with E-state index in [-0.39, 0.29) is 5.78 Å². The van der Waals surface area contributed by atoms with Crippen LogP contribution in [0.2, 0.25) is 10.0 Å². The number of hydrogen-bond acceptors (Lipinski definition) is 3. The molecule has 0 radical (unpaired) electrons. The molecule has 5 heteroatoms. The molecule has 0 heterocycles. The topological polar surface area (TPSA) is 35.5 Å². The fourth-order valence-corrected chi connectivity index (χ4v) is 3.58. The van der Waals surface area contributed by atoms with Crippen LogP contribution in [0, 0.1) is 0 Å². The molecule has 0 amide bonds. The van der Waals surface area contributed by atoms with Crippen LogP contribution < -0.4 is 9.47 Å². The van der Waals surface area contributed by atoms with Crippen LogP contribution in [0.25, 0.3) is 6.08 Å². The monoisotopic (exact) mass is 454 g/mol. The Labute approximate surface area is 193 Å². The largest absolute Gasteiger partial charge is 0.496 e. The molecule has 0 atom stereocenters. The highest BCUT2D eigenvalue weighted by Gasteiger charge is 2.09. The summed E-state index contributed by atoms with van der Waals surface area (Å²) in [6.07, 6.45) is 3.24. The standard InChI is InChI=1S/C26H24Cl2O3/c1-17(2)19-6-9-22(10-7-19)31-16-20-14-18(5-13-26(20)30-3)4-12-25(29)23-11-8-21(27)15-24(23)28/h4-15,17H,16H2,1-3H3/b12-4+. The van der Waals surface area contributed by atoms with E-state index in [0.717, 1.165) is 22.6 Å². The van der Waals surface area contributed by atoms with Crippen LogP contribution in [0.15, 0.2) is 66.7 Å². The Bertz CT molecular complexity index is 1090. The molecule has 0 unspecified atom stereocenters. The van der Waals surface area contributed by atoms with Crippen LogP contribution in [0.3, 0.4) is 0 Å². The Morgan fingerprint density at radius 2 is 1.74 bits per heavy atom. The van der Waals surface area contributed by atoms with Crippen molar-refractivity contribution in [2.75, 3.05) is 7.11 Å². The lowest BCUT2D eigenvalue weighted by atomic mass is 10.0. The van der Waals surface area contributed by atoms with Gasteiger partial charge in [0, 0.05) is 16.1 Å². The third kappa shape index (κ3) is 6.13. The second-order valence-electron chi connectivity index (χ2n) is 7.41. The summed E-state index contributed by atoms with van der Waals surface area (Å²) in [5, 5.41) is 0.818. The predicted molar refractivity (Wildman–Crippen MR) is 128 cm³/mol. The van der Waals surface area contributed by atoms with Crippen molar-refractivity contribution < 1.29 is 14.3 Å². The van der Waals surface area contributed by atoms with Gasteiger partial charge in [-0.15, -0.1) is 0 Å². The van der Waals surface area contributed by atoms with Crippen molar-refractivity contribution in [3.8, 4) is 11.5 Å². The van der Waals surface area contributed by atoms with Gasteiger partial charge in [0.15, 0.2) is 5.78 Å². The highest BCUT2D eigenvalue weighted by atomic mass is 35.5. The van der Waals surface area contributed by atoms with Crippen LogP contribution in [0.5, 0.6) is 11.5 Å². The van der Waals surface area contributed by atoms with Gasteiger partial charge in [0.2, 0.25) is 0 Å². The molecule has 0 fully saturated rings. The van der Waals surface area contributed by atoms with E-state index >= 15 is 0 Å². The summed E-state index contributed by atoms with van der Waals surface area (Å²) >= 11 is 12.0. The number of halogens is 2. The zero-order valence-electron chi connectivity index (χ0n) is 17.7. The first-order chi connectivity index (χ1) is 14.9. The number of carbonyl (C=O) groups is 1. The van der Waals surface area contributed by atoms with Gasteiger partial charge in [-0.25, -0.2) is 0 Å². The molecule has 3 aromatic carbocycles. The lowest BCUT2D eigenvalue weighted by Gasteiger charge is -2.12. The second kappa shape index (κ2) is 10.5. The first-order valence-electron chi connectivity index (χ1n) is 9.94. The summed E-state index contributed by atoms with van der Waals surface area (Å²) in [6.45, 7) is 4.67. The predicted octanol–water partition coefficient (Wildman–Crippen LogP) is 7.60. The van der Waals surface area contributed by atoms with Crippen LogP contribution in [0.4, 0.5) is 0 Å². The highest BCUT2D eigenvalue weighted by molar-refractivity contribution is 6.37. The van der Waals surface area contributed by atoms with Crippen LogP contribution in [-0.4, -0.2) is 12.9 Å². The van der Waals surface area contributed by atoms with E-state index < -0.39 is 0 Å². The van der Waals surface area contributed by atoms with Gasteiger partial charge in [0.05, 0.1) is 12.1 Å². The molecule has 0 aromatic heterocycles. The van der Waals surface area contributed by atoms with Crippen molar-refractivity contribution in [2.45, 2.75) is 26.4 Å². The van der Waals surface area contributed by atoms with Gasteiger partial charge >= 0.3 is 0 Å². The molecule has 0 aliphatic rings. The van der Waals surface area contributed by atoms with Crippen LogP contribution in [0.1, 0.15) is 46.8 Å². The first-order valence-corrected chi connectivity index (χ1v) is 10.7. The molecule has 160 valence electrons. The second-order valence-corrected chi connectivity index (χ2v) is 8.25. The van der Waals surface area contributed by atoms with Gasteiger partial charge in [-0.05, 0) is 65.6 Å². The molecule has 0 aliphatic carbocycles. The molecule has 31 heavy (non-hydrogen) atoms. The lowest BCUT2D eigenvalue weighted by Crippen LogP contribution is -2.00. The number of benzene rings is 3. The van der Waals surface area contributed by atoms with E-state index in [0.29, 0.717) is 28.1 Å². The summed E-state index contributed by atoms with van der Waals surface area (Å²) in [4.78, 5) is 12.5. The normalized spacial score (nSPS) is 11.2. The summed E-state index contributed by atoms with van der Waals surface area (Å²) in [5.41, 5.74) is 3.41. The Morgan fingerprint density at radius 3 is 2.39 bits per heavy atom. The van der Waals surface area contributed by atoms with Gasteiger partial charge < -0.3 is 9.47 Å². The fraction of sp³-hybridized carbons (Fsp3) is 0.192. The Morgan fingerprint density at radius 1 is 1.00 bits per heavy atom. The average molecular weight is 455 g/mol. The minimum atomic E-state index is -0.194. The fourth-order valence-electron chi connectivity index (χ4n) is 3.08. The SMILES string of the molecule is COc1ccc(/C=C/C(=O)c2ccc(Cl)cc2Cl)cc1COc1ccc(C(C)C)cc1.